The highest BCUT2D eigenvalue weighted by atomic mass is 79.9. The van der Waals surface area contributed by atoms with Gasteiger partial charge in [0.2, 0.25) is 0 Å². The molecule has 1 aliphatic rings. The lowest BCUT2D eigenvalue weighted by atomic mass is 10.1. The van der Waals surface area contributed by atoms with Crippen LogP contribution in [0.15, 0.2) is 22.7 Å². The van der Waals surface area contributed by atoms with Crippen LogP contribution in [0.4, 0.5) is 11.4 Å². The van der Waals surface area contributed by atoms with Crippen molar-refractivity contribution in [2.45, 2.75) is 19.8 Å². The molecule has 0 amide bonds. The molecule has 0 spiro atoms. The van der Waals surface area contributed by atoms with Gasteiger partial charge in [0, 0.05) is 17.1 Å². The Hall–Kier alpha value is -1.10. The van der Waals surface area contributed by atoms with Gasteiger partial charge in [-0.1, -0.05) is 22.9 Å². The summed E-state index contributed by atoms with van der Waals surface area (Å²) in [6.45, 7) is 2.98. The zero-order chi connectivity index (χ0) is 11.8. The molecule has 0 bridgehead atoms. The van der Waals surface area contributed by atoms with Crippen molar-refractivity contribution >= 4 is 27.3 Å². The number of rotatable bonds is 4. The molecule has 4 nitrogen and oxygen atoms in total. The smallest absolute Gasteiger partial charge is 0.292 e. The summed E-state index contributed by atoms with van der Waals surface area (Å²) in [5.41, 5.74) is 1.05. The van der Waals surface area contributed by atoms with Crippen LogP contribution in [0, 0.1) is 15.5 Å². The van der Waals surface area contributed by atoms with Crippen LogP contribution >= 0.6 is 15.9 Å². The van der Waals surface area contributed by atoms with Crippen molar-refractivity contribution in [3.63, 3.8) is 0 Å². The number of benzene rings is 1. The van der Waals surface area contributed by atoms with Crippen molar-refractivity contribution < 1.29 is 4.92 Å². The van der Waals surface area contributed by atoms with E-state index in [0.717, 1.165) is 11.0 Å². The predicted octanol–water partition coefficient (Wildman–Crippen LogP) is 3.57. The molecule has 0 heterocycles. The summed E-state index contributed by atoms with van der Waals surface area (Å²) in [4.78, 5) is 10.5. The first-order valence-corrected chi connectivity index (χ1v) is 5.97. The van der Waals surface area contributed by atoms with Gasteiger partial charge in [0.15, 0.2) is 0 Å². The third-order valence-corrected chi connectivity index (χ3v) is 3.46. The summed E-state index contributed by atoms with van der Waals surface area (Å²) in [5.74, 6) is 0. The molecule has 0 unspecified atom stereocenters. The Morgan fingerprint density at radius 3 is 2.81 bits per heavy atom. The Bertz CT molecular complexity index is 430. The lowest BCUT2D eigenvalue weighted by Crippen LogP contribution is -2.12. The zero-order valence-electron chi connectivity index (χ0n) is 9.00. The summed E-state index contributed by atoms with van der Waals surface area (Å²) < 4.78 is 0.849. The Kier molecular flexibility index (Phi) is 2.88. The Balaban J connectivity index is 2.16. The molecule has 16 heavy (non-hydrogen) atoms. The van der Waals surface area contributed by atoms with E-state index in [4.69, 9.17) is 0 Å². The number of hydrogen-bond donors (Lipinski definition) is 1. The van der Waals surface area contributed by atoms with Crippen molar-refractivity contribution in [3.8, 4) is 0 Å². The Morgan fingerprint density at radius 2 is 2.25 bits per heavy atom. The quantitative estimate of drug-likeness (QED) is 0.679. The highest BCUT2D eigenvalue weighted by molar-refractivity contribution is 9.10. The number of hydrogen-bond acceptors (Lipinski definition) is 3. The SMILES string of the molecule is CC1(CNc2cc(Br)ccc2[N+](=O)[O-])CC1. The number of nitrogens with zero attached hydrogens (tertiary/aromatic N) is 1. The Labute approximate surface area is 102 Å². The van der Waals surface area contributed by atoms with Crippen LogP contribution in [-0.4, -0.2) is 11.5 Å². The molecule has 0 atom stereocenters. The van der Waals surface area contributed by atoms with E-state index in [9.17, 15) is 10.1 Å². The van der Waals surface area contributed by atoms with Crippen LogP contribution in [0.3, 0.4) is 0 Å². The van der Waals surface area contributed by atoms with E-state index in [-0.39, 0.29) is 10.6 Å². The maximum Gasteiger partial charge on any atom is 0.292 e. The highest BCUT2D eigenvalue weighted by Crippen LogP contribution is 2.45. The summed E-state index contributed by atoms with van der Waals surface area (Å²) in [6.07, 6.45) is 2.39. The number of nitro groups is 1. The molecule has 2 rings (SSSR count). The van der Waals surface area contributed by atoms with Gasteiger partial charge >= 0.3 is 0 Å². The topological polar surface area (TPSA) is 55.2 Å². The van der Waals surface area contributed by atoms with Crippen molar-refractivity contribution in [2.24, 2.45) is 5.41 Å². The first-order chi connectivity index (χ1) is 7.50. The minimum absolute atomic E-state index is 0.132. The molecular formula is C11H13BrN2O2. The number of halogens is 1. The van der Waals surface area contributed by atoms with Crippen LogP contribution in [0.25, 0.3) is 0 Å². The van der Waals surface area contributed by atoms with Crippen molar-refractivity contribution in [1.82, 2.24) is 0 Å². The fourth-order valence-electron chi connectivity index (χ4n) is 1.51. The largest absolute Gasteiger partial charge is 0.379 e. The van der Waals surface area contributed by atoms with Gasteiger partial charge in [0.1, 0.15) is 5.69 Å². The van der Waals surface area contributed by atoms with Gasteiger partial charge in [-0.05, 0) is 30.4 Å². The van der Waals surface area contributed by atoms with Crippen LogP contribution in [0.2, 0.25) is 0 Å². The molecule has 1 N–H and O–H groups in total. The van der Waals surface area contributed by atoms with E-state index in [2.05, 4.69) is 28.2 Å². The zero-order valence-corrected chi connectivity index (χ0v) is 10.6. The summed E-state index contributed by atoms with van der Waals surface area (Å²) in [5, 5.41) is 14.0. The van der Waals surface area contributed by atoms with E-state index in [1.165, 1.54) is 18.9 Å². The molecule has 86 valence electrons. The van der Waals surface area contributed by atoms with Gasteiger partial charge in [0.25, 0.3) is 5.69 Å². The second kappa shape index (κ2) is 4.05. The molecule has 1 aromatic rings. The maximum absolute atomic E-state index is 10.8. The van der Waals surface area contributed by atoms with Gasteiger partial charge in [-0.2, -0.15) is 0 Å². The molecule has 1 saturated carbocycles. The molecule has 1 fully saturated rings. The number of nitro benzene ring substituents is 1. The molecular weight excluding hydrogens is 272 g/mol. The number of anilines is 1. The van der Waals surface area contributed by atoms with E-state index < -0.39 is 0 Å². The Morgan fingerprint density at radius 1 is 1.56 bits per heavy atom. The van der Waals surface area contributed by atoms with Gasteiger partial charge in [-0.25, -0.2) is 0 Å². The predicted molar refractivity (Wildman–Crippen MR) is 66.6 cm³/mol. The van der Waals surface area contributed by atoms with Gasteiger partial charge in [-0.15, -0.1) is 0 Å². The summed E-state index contributed by atoms with van der Waals surface area (Å²) >= 11 is 3.32. The fraction of sp³-hybridized carbons (Fsp3) is 0.455. The maximum atomic E-state index is 10.8. The first kappa shape index (κ1) is 11.4. The van der Waals surface area contributed by atoms with Crippen molar-refractivity contribution in [2.75, 3.05) is 11.9 Å². The van der Waals surface area contributed by atoms with Gasteiger partial charge in [0.05, 0.1) is 4.92 Å². The summed E-state index contributed by atoms with van der Waals surface area (Å²) in [7, 11) is 0. The van der Waals surface area contributed by atoms with E-state index >= 15 is 0 Å². The average molecular weight is 285 g/mol. The average Bonchev–Trinajstić information content (AvgIpc) is 2.94. The minimum Gasteiger partial charge on any atom is -0.379 e. The van der Waals surface area contributed by atoms with Crippen LogP contribution in [-0.2, 0) is 0 Å². The standard InChI is InChI=1S/C11H13BrN2O2/c1-11(4-5-11)7-13-9-6-8(12)2-3-10(9)14(15)16/h2-3,6,13H,4-5,7H2,1H3. The molecule has 1 aromatic carbocycles. The third-order valence-electron chi connectivity index (χ3n) is 2.96. The van der Waals surface area contributed by atoms with E-state index in [0.29, 0.717) is 11.1 Å². The fourth-order valence-corrected chi connectivity index (χ4v) is 1.87. The van der Waals surface area contributed by atoms with E-state index in [1.54, 1.807) is 12.1 Å². The van der Waals surface area contributed by atoms with E-state index in [1.807, 2.05) is 0 Å². The second-order valence-corrected chi connectivity index (χ2v) is 5.50. The molecule has 0 aromatic heterocycles. The second-order valence-electron chi connectivity index (χ2n) is 4.58. The molecule has 5 heteroatoms. The normalized spacial score (nSPS) is 16.9. The molecule has 1 aliphatic carbocycles. The summed E-state index contributed by atoms with van der Waals surface area (Å²) in [6, 6.07) is 4.95. The highest BCUT2D eigenvalue weighted by Gasteiger charge is 2.37. The third kappa shape index (κ3) is 2.52. The van der Waals surface area contributed by atoms with Crippen LogP contribution in [0.1, 0.15) is 19.8 Å². The molecule has 0 saturated heterocycles. The number of nitrogens with one attached hydrogen (secondary N) is 1. The minimum atomic E-state index is -0.357. The van der Waals surface area contributed by atoms with Crippen LogP contribution < -0.4 is 5.32 Å². The molecule has 0 radical (unpaired) electrons. The van der Waals surface area contributed by atoms with Crippen molar-refractivity contribution in [3.05, 3.63) is 32.8 Å². The molecule has 0 aliphatic heterocycles. The van der Waals surface area contributed by atoms with Gasteiger partial charge in [-0.3, -0.25) is 10.1 Å². The van der Waals surface area contributed by atoms with Gasteiger partial charge < -0.3 is 5.32 Å². The first-order valence-electron chi connectivity index (χ1n) is 5.18. The van der Waals surface area contributed by atoms with Crippen molar-refractivity contribution in [1.29, 1.82) is 0 Å². The lowest BCUT2D eigenvalue weighted by Gasteiger charge is -2.11. The van der Waals surface area contributed by atoms with Crippen LogP contribution in [0.5, 0.6) is 0 Å². The monoisotopic (exact) mass is 284 g/mol. The lowest BCUT2D eigenvalue weighted by molar-refractivity contribution is -0.384.